The predicted molar refractivity (Wildman–Crippen MR) is 158 cm³/mol. The third-order valence-electron chi connectivity index (χ3n) is 6.25. The summed E-state index contributed by atoms with van der Waals surface area (Å²) < 4.78 is 16.7. The predicted octanol–water partition coefficient (Wildman–Crippen LogP) is 7.13. The number of benzene rings is 3. The number of aryl methyl sites for hydroxylation is 6. The van der Waals surface area contributed by atoms with E-state index in [0.29, 0.717) is 17.2 Å². The van der Waals surface area contributed by atoms with Gasteiger partial charge in [-0.1, -0.05) is 20.1 Å². The van der Waals surface area contributed by atoms with Gasteiger partial charge in [-0.15, -0.1) is 0 Å². The van der Waals surface area contributed by atoms with Gasteiger partial charge in [0.05, 0.1) is 10.9 Å². The molecule has 0 aliphatic heterocycles. The molecule has 0 N–H and O–H groups in total. The molecule has 3 aromatic rings. The molecule has 3 aromatic carbocycles. The van der Waals surface area contributed by atoms with E-state index in [1.807, 2.05) is 77.9 Å². The Kier molecular flexibility index (Phi) is 9.77. The molecule has 40 heavy (non-hydrogen) atoms. The van der Waals surface area contributed by atoms with Crippen LogP contribution in [0.3, 0.4) is 0 Å². The molecule has 0 aliphatic carbocycles. The molecule has 7 heteroatoms. The first-order valence-corrected chi connectivity index (χ1v) is 14.1. The summed E-state index contributed by atoms with van der Waals surface area (Å²) in [5, 5.41) is 0. The van der Waals surface area contributed by atoms with Gasteiger partial charge in [0.15, 0.2) is 14.7 Å². The monoisotopic (exact) mass is 559 g/mol. The molecule has 0 aliphatic rings. The lowest BCUT2D eigenvalue weighted by atomic mass is 10.1. The Balaban J connectivity index is 2.26. The first kappa shape index (κ1) is 30.4. The van der Waals surface area contributed by atoms with E-state index in [9.17, 15) is 14.4 Å². The van der Waals surface area contributed by atoms with Crippen LogP contribution in [0.2, 0.25) is 0 Å². The molecule has 208 valence electrons. The molecule has 0 unspecified atom stereocenters. The molecule has 0 fully saturated rings. The number of hydrogen-bond acceptors (Lipinski definition) is 6. The summed E-state index contributed by atoms with van der Waals surface area (Å²) >= 11 is 0. The van der Waals surface area contributed by atoms with Gasteiger partial charge in [-0.2, -0.15) is 0 Å². The van der Waals surface area contributed by atoms with Gasteiger partial charge in [0.2, 0.25) is 0 Å². The first-order chi connectivity index (χ1) is 18.9. The highest BCUT2D eigenvalue weighted by atomic mass is 32.2. The van der Waals surface area contributed by atoms with Gasteiger partial charge in [-0.05, 0) is 74.9 Å². The Morgan fingerprint density at radius 1 is 0.600 bits per heavy atom. The molecule has 6 nitrogen and oxygen atoms in total. The fourth-order valence-corrected chi connectivity index (χ4v) is 7.03. The summed E-state index contributed by atoms with van der Waals surface area (Å²) in [5.74, 6) is 0.257. The van der Waals surface area contributed by atoms with E-state index in [1.165, 1.54) is 0 Å². The summed E-state index contributed by atoms with van der Waals surface area (Å²) in [7, 11) is -0.606. The van der Waals surface area contributed by atoms with Crippen LogP contribution in [0.1, 0.15) is 46.7 Å². The van der Waals surface area contributed by atoms with E-state index in [-0.39, 0.29) is 12.4 Å². The maximum Gasteiger partial charge on any atom is 0.335 e. The fourth-order valence-electron chi connectivity index (χ4n) is 4.45. The summed E-state index contributed by atoms with van der Waals surface area (Å²) in [6, 6.07) is 12.2. The van der Waals surface area contributed by atoms with Gasteiger partial charge in [0.25, 0.3) is 0 Å². The van der Waals surface area contributed by atoms with Crippen molar-refractivity contribution in [2.75, 3.05) is 0 Å². The van der Waals surface area contributed by atoms with Crippen LogP contribution in [0.15, 0.2) is 76.4 Å². The van der Waals surface area contributed by atoms with Crippen LogP contribution in [-0.2, 0) is 25.3 Å². The molecule has 0 radical (unpaired) electrons. The molecule has 0 atom stereocenters. The number of rotatable bonds is 9. The van der Waals surface area contributed by atoms with Gasteiger partial charge in [-0.25, -0.2) is 9.59 Å². The van der Waals surface area contributed by atoms with Crippen molar-refractivity contribution < 1.29 is 28.6 Å². The minimum atomic E-state index is -0.606. The van der Waals surface area contributed by atoms with E-state index < -0.39 is 22.8 Å². The van der Waals surface area contributed by atoms with E-state index >= 15 is 0 Å². The Morgan fingerprint density at radius 2 is 0.875 bits per heavy atom. The molecule has 0 amide bonds. The van der Waals surface area contributed by atoms with Gasteiger partial charge in [-0.3, -0.25) is 4.79 Å². The summed E-state index contributed by atoms with van der Waals surface area (Å²) in [4.78, 5) is 39.0. The van der Waals surface area contributed by atoms with Crippen LogP contribution in [-0.4, -0.2) is 17.9 Å². The molecule has 0 heterocycles. The van der Waals surface area contributed by atoms with Crippen molar-refractivity contribution in [3.05, 3.63) is 95.1 Å². The van der Waals surface area contributed by atoms with Gasteiger partial charge in [0, 0.05) is 55.0 Å². The Bertz CT molecular complexity index is 1370. The lowest BCUT2D eigenvalue weighted by Crippen LogP contribution is -2.12. The molecule has 0 spiro atoms. The van der Waals surface area contributed by atoms with Crippen LogP contribution < -0.4 is 14.2 Å². The second kappa shape index (κ2) is 12.8. The third kappa shape index (κ3) is 6.72. The summed E-state index contributed by atoms with van der Waals surface area (Å²) in [6.07, 6.45) is 2.57. The zero-order valence-corrected chi connectivity index (χ0v) is 24.9. The fraction of sp³-hybridized carbons (Fsp3) is 0.242. The summed E-state index contributed by atoms with van der Waals surface area (Å²) in [6.45, 7) is 20.2. The van der Waals surface area contributed by atoms with Crippen LogP contribution in [0, 0.1) is 41.5 Å². The Labute approximate surface area is 239 Å². The summed E-state index contributed by atoms with van der Waals surface area (Å²) in [5.41, 5.74) is 4.96. The molecule has 3 rings (SSSR count). The highest BCUT2D eigenvalue weighted by molar-refractivity contribution is 7.97. The first-order valence-electron chi connectivity index (χ1n) is 12.9. The maximum absolute atomic E-state index is 12.1. The molecular weight excluding hydrogens is 524 g/mol. The molecule has 0 saturated carbocycles. The number of ether oxygens (including phenoxy) is 3. The van der Waals surface area contributed by atoms with Crippen LogP contribution in [0.4, 0.5) is 0 Å². The van der Waals surface area contributed by atoms with Crippen molar-refractivity contribution in [3.8, 4) is 17.2 Å². The van der Waals surface area contributed by atoms with Crippen LogP contribution >= 0.6 is 0 Å². The smallest absolute Gasteiger partial charge is 0.335 e. The van der Waals surface area contributed by atoms with Gasteiger partial charge in [0.1, 0.15) is 17.2 Å². The topological polar surface area (TPSA) is 78.9 Å². The van der Waals surface area contributed by atoms with E-state index in [4.69, 9.17) is 14.2 Å². The number of esters is 3. The van der Waals surface area contributed by atoms with Crippen molar-refractivity contribution in [1.29, 1.82) is 0 Å². The highest BCUT2D eigenvalue weighted by Crippen LogP contribution is 2.40. The lowest BCUT2D eigenvalue weighted by Gasteiger charge is -2.17. The number of carbonyl (C=O) groups is 3. The standard InChI is InChI=1S/C33H35O6S/c1-10-28(34)37-31-19(4)13-25(14-20(31)5)40(26-15-21(6)32(22(7)16-26)38-29(35)11-2)27-17-23(8)33(24(9)18-27)39-30(36)12-3/h10-11,13-18H,1-2,12H2,3-9H3/q+1. The Hall–Kier alpha value is -4.10. The minimum Gasteiger partial charge on any atom is -0.426 e. The average molecular weight is 560 g/mol. The van der Waals surface area contributed by atoms with Crippen LogP contribution in [0.5, 0.6) is 17.2 Å². The van der Waals surface area contributed by atoms with E-state index in [1.54, 1.807) is 6.92 Å². The van der Waals surface area contributed by atoms with Crippen molar-refractivity contribution in [1.82, 2.24) is 0 Å². The zero-order valence-electron chi connectivity index (χ0n) is 24.1. The molecule has 0 saturated heterocycles. The second-order valence-electron chi connectivity index (χ2n) is 9.54. The van der Waals surface area contributed by atoms with Gasteiger partial charge >= 0.3 is 17.9 Å². The van der Waals surface area contributed by atoms with Crippen LogP contribution in [0.25, 0.3) is 0 Å². The average Bonchev–Trinajstić information content (AvgIpc) is 2.90. The largest absolute Gasteiger partial charge is 0.426 e. The SMILES string of the molecule is C=CC(=O)Oc1c(C)cc([S+](c2cc(C)c(OC(=O)C=C)c(C)c2)c2cc(C)c(OC(=O)CC)c(C)c2)cc1C. The third-order valence-corrected chi connectivity index (χ3v) is 8.37. The van der Waals surface area contributed by atoms with Crippen molar-refractivity contribution in [2.45, 2.75) is 69.6 Å². The zero-order chi connectivity index (χ0) is 29.7. The molecule has 0 bridgehead atoms. The van der Waals surface area contributed by atoms with Crippen molar-refractivity contribution in [3.63, 3.8) is 0 Å². The quantitative estimate of drug-likeness (QED) is 0.120. The van der Waals surface area contributed by atoms with E-state index in [2.05, 4.69) is 13.2 Å². The number of carbonyl (C=O) groups excluding carboxylic acids is 3. The van der Waals surface area contributed by atoms with E-state index in [0.717, 1.165) is 60.2 Å². The normalized spacial score (nSPS) is 10.7. The second-order valence-corrected chi connectivity index (χ2v) is 11.6. The van der Waals surface area contributed by atoms with Crippen molar-refractivity contribution in [2.24, 2.45) is 0 Å². The lowest BCUT2D eigenvalue weighted by molar-refractivity contribution is -0.134. The van der Waals surface area contributed by atoms with Crippen molar-refractivity contribution >= 4 is 28.8 Å². The maximum atomic E-state index is 12.1. The molecular formula is C33H35O6S+. The highest BCUT2D eigenvalue weighted by Gasteiger charge is 2.33. The number of hydrogen-bond donors (Lipinski definition) is 0. The van der Waals surface area contributed by atoms with Gasteiger partial charge < -0.3 is 14.2 Å². The minimum absolute atomic E-state index is 0.285. The molecule has 0 aromatic heterocycles. The Morgan fingerprint density at radius 3 is 1.12 bits per heavy atom.